The van der Waals surface area contributed by atoms with Crippen LogP contribution in [-0.4, -0.2) is 19.4 Å². The van der Waals surface area contributed by atoms with Crippen molar-refractivity contribution in [2.24, 2.45) is 10.8 Å². The van der Waals surface area contributed by atoms with Crippen molar-refractivity contribution in [1.82, 2.24) is 5.32 Å². The van der Waals surface area contributed by atoms with Crippen LogP contribution in [0.1, 0.15) is 89.5 Å². The zero-order valence-corrected chi connectivity index (χ0v) is 35.0. The number of para-hydroxylation sites is 2. The van der Waals surface area contributed by atoms with Crippen LogP contribution in [0.2, 0.25) is 0 Å². The molecule has 2 unspecified atom stereocenters. The monoisotopic (exact) mass is 758 g/mol. The first-order chi connectivity index (χ1) is 27.5. The predicted octanol–water partition coefficient (Wildman–Crippen LogP) is 12.2. The largest absolute Gasteiger partial charge is 0.311 e. The fraction of sp³-hybridized carbons (Fsp3) is 0.283. The van der Waals surface area contributed by atoms with E-state index in [1.807, 2.05) is 11.3 Å². The van der Waals surface area contributed by atoms with Crippen LogP contribution in [0.25, 0.3) is 31.3 Å². The van der Waals surface area contributed by atoms with Gasteiger partial charge in [0.2, 0.25) is 0 Å². The van der Waals surface area contributed by atoms with Crippen molar-refractivity contribution in [3.63, 3.8) is 0 Å². The molecular weight excluding hydrogens is 707 g/mol. The second-order valence-electron chi connectivity index (χ2n) is 19.1. The molecule has 5 aliphatic rings. The molecule has 2 nitrogen and oxygen atoms in total. The van der Waals surface area contributed by atoms with Gasteiger partial charge in [0.15, 0.2) is 7.28 Å². The Morgan fingerprint density at radius 3 is 2.33 bits per heavy atom. The minimum absolute atomic E-state index is 0.0913. The van der Waals surface area contributed by atoms with Crippen molar-refractivity contribution >= 4 is 77.9 Å². The topological polar surface area (TPSA) is 15.3 Å². The highest BCUT2D eigenvalue weighted by atomic mass is 32.1. The van der Waals surface area contributed by atoms with E-state index in [0.29, 0.717) is 0 Å². The van der Waals surface area contributed by atoms with Crippen LogP contribution < -0.4 is 21.1 Å². The standard InChI is InChI=1S/C53H51BN2S/c1-51(2)27-28-52(3,4)40-30-42(55-34-25-23-33(24-26-34)32-15-8-7-9-16-32)36(29-39(40)51)48-47-35-17-10-13-22-45(35)57-46(47)31-44-49(48)54-41-20-14-19-38-50(41)56(44)43-21-12-11-18-37(43)53(38,5)6/h7-25,29,31,34,42,54-55H,26-28,30H2,1-6H3. The van der Waals surface area contributed by atoms with Crippen molar-refractivity contribution in [3.8, 4) is 0 Å². The van der Waals surface area contributed by atoms with E-state index in [9.17, 15) is 0 Å². The molecule has 0 saturated carbocycles. The predicted molar refractivity (Wildman–Crippen MR) is 248 cm³/mol. The van der Waals surface area contributed by atoms with Crippen molar-refractivity contribution in [2.45, 2.75) is 84.7 Å². The number of hydrogen-bond donors (Lipinski definition) is 1. The molecule has 1 N–H and O–H groups in total. The highest BCUT2D eigenvalue weighted by Gasteiger charge is 2.45. The summed E-state index contributed by atoms with van der Waals surface area (Å²) in [6.07, 6.45) is 14.4. The van der Waals surface area contributed by atoms with Crippen LogP contribution in [0.5, 0.6) is 0 Å². The van der Waals surface area contributed by atoms with Gasteiger partial charge in [-0.25, -0.2) is 0 Å². The average Bonchev–Trinajstić information content (AvgIpc) is 3.59. The van der Waals surface area contributed by atoms with Crippen LogP contribution in [0.3, 0.4) is 0 Å². The Bertz CT molecular complexity index is 2790. The maximum atomic E-state index is 4.34. The number of allylic oxidation sites excluding steroid dienone is 4. The highest BCUT2D eigenvalue weighted by Crippen LogP contribution is 2.56. The van der Waals surface area contributed by atoms with Gasteiger partial charge in [-0.3, -0.25) is 0 Å². The SMILES string of the molecule is CC1(C)CCC(C)(C)C2=C1C=C(c1c3c(cc4sc5ccccc5c14)N1c4ccccc4C(C)(C)c4cccc(c41)B3)C(NC1C=CC(c3ccccc3)=CC1)C2. The summed E-state index contributed by atoms with van der Waals surface area (Å²) in [5, 5.41) is 7.15. The molecule has 3 heterocycles. The van der Waals surface area contributed by atoms with Gasteiger partial charge in [-0.1, -0.05) is 162 Å². The third kappa shape index (κ3) is 5.33. The summed E-state index contributed by atoms with van der Waals surface area (Å²) in [6, 6.07) is 39.2. The summed E-state index contributed by atoms with van der Waals surface area (Å²) in [5.74, 6) is 0. The number of nitrogens with zero attached hydrogens (tertiary/aromatic N) is 1. The Morgan fingerprint density at radius 2 is 1.51 bits per heavy atom. The van der Waals surface area contributed by atoms with E-state index < -0.39 is 0 Å². The van der Waals surface area contributed by atoms with Crippen LogP contribution in [0.4, 0.5) is 17.1 Å². The zero-order chi connectivity index (χ0) is 38.8. The van der Waals surface area contributed by atoms with Gasteiger partial charge in [0.05, 0.1) is 5.69 Å². The van der Waals surface area contributed by atoms with E-state index in [2.05, 4.69) is 179 Å². The summed E-state index contributed by atoms with van der Waals surface area (Å²) in [5.41, 5.74) is 18.7. The molecular formula is C53H51BN2S. The number of nitrogens with one attached hydrogen (secondary N) is 1. The number of anilines is 3. The molecule has 2 atom stereocenters. The summed E-state index contributed by atoms with van der Waals surface area (Å²) in [7, 11) is 0.917. The van der Waals surface area contributed by atoms with Gasteiger partial charge in [0, 0.05) is 49.0 Å². The summed E-state index contributed by atoms with van der Waals surface area (Å²) in [6.45, 7) is 14.8. The van der Waals surface area contributed by atoms with Crippen LogP contribution in [-0.2, 0) is 5.41 Å². The van der Waals surface area contributed by atoms with Crippen molar-refractivity contribution < 1.29 is 0 Å². The van der Waals surface area contributed by atoms with Crippen molar-refractivity contribution in [2.75, 3.05) is 4.90 Å². The summed E-state index contributed by atoms with van der Waals surface area (Å²) >= 11 is 1.96. The van der Waals surface area contributed by atoms with Gasteiger partial charge in [-0.2, -0.15) is 0 Å². The minimum atomic E-state index is -0.0913. The number of fused-ring (bicyclic) bond motifs is 7. The molecule has 3 aliphatic carbocycles. The lowest BCUT2D eigenvalue weighted by molar-refractivity contribution is 0.254. The molecule has 0 amide bonds. The van der Waals surface area contributed by atoms with E-state index in [1.165, 1.54) is 94.4 Å². The van der Waals surface area contributed by atoms with Gasteiger partial charge >= 0.3 is 0 Å². The molecule has 57 heavy (non-hydrogen) atoms. The van der Waals surface area contributed by atoms with Gasteiger partial charge in [-0.15, -0.1) is 11.3 Å². The van der Waals surface area contributed by atoms with Gasteiger partial charge in [-0.05, 0) is 99.1 Å². The lowest BCUT2D eigenvalue weighted by atomic mass is 9.54. The lowest BCUT2D eigenvalue weighted by Gasteiger charge is -2.48. The van der Waals surface area contributed by atoms with E-state index in [4.69, 9.17) is 0 Å². The molecule has 11 rings (SSSR count). The lowest BCUT2D eigenvalue weighted by Crippen LogP contribution is -2.48. The number of benzene rings is 5. The molecule has 0 bridgehead atoms. The normalized spacial score (nSPS) is 22.2. The third-order valence-electron chi connectivity index (χ3n) is 14.4. The fourth-order valence-electron chi connectivity index (χ4n) is 11.2. The van der Waals surface area contributed by atoms with Crippen LogP contribution in [0, 0.1) is 10.8 Å². The van der Waals surface area contributed by atoms with Gasteiger partial charge in [0.1, 0.15) is 0 Å². The average molecular weight is 759 g/mol. The summed E-state index contributed by atoms with van der Waals surface area (Å²) < 4.78 is 2.74. The van der Waals surface area contributed by atoms with Crippen molar-refractivity contribution in [3.05, 3.63) is 161 Å². The second-order valence-corrected chi connectivity index (χ2v) is 20.2. The zero-order valence-electron chi connectivity index (χ0n) is 34.2. The van der Waals surface area contributed by atoms with Gasteiger partial charge in [0.25, 0.3) is 0 Å². The first-order valence-corrected chi connectivity index (χ1v) is 22.0. The molecule has 0 saturated heterocycles. The maximum absolute atomic E-state index is 4.34. The number of thiophene rings is 1. The molecule has 0 spiro atoms. The quantitative estimate of drug-likeness (QED) is 0.180. The Labute approximate surface area is 343 Å². The van der Waals surface area contributed by atoms with E-state index in [0.717, 1.165) is 20.1 Å². The van der Waals surface area contributed by atoms with E-state index in [-0.39, 0.29) is 28.3 Å². The Morgan fingerprint density at radius 1 is 0.754 bits per heavy atom. The molecule has 6 aromatic rings. The molecule has 282 valence electrons. The summed E-state index contributed by atoms with van der Waals surface area (Å²) in [4.78, 5) is 2.65. The first kappa shape index (κ1) is 35.3. The molecule has 1 aromatic heterocycles. The second kappa shape index (κ2) is 12.6. The van der Waals surface area contributed by atoms with Crippen LogP contribution >= 0.6 is 11.3 Å². The number of rotatable bonds is 4. The van der Waals surface area contributed by atoms with Gasteiger partial charge < -0.3 is 10.2 Å². The molecule has 4 heteroatoms. The maximum Gasteiger partial charge on any atom is 0.198 e. The number of hydrogen-bond acceptors (Lipinski definition) is 3. The fourth-order valence-corrected chi connectivity index (χ4v) is 12.3. The Hall–Kier alpha value is -4.90. The Kier molecular flexibility index (Phi) is 7.77. The molecule has 2 aliphatic heterocycles. The van der Waals surface area contributed by atoms with E-state index in [1.54, 1.807) is 11.1 Å². The smallest absolute Gasteiger partial charge is 0.198 e. The van der Waals surface area contributed by atoms with E-state index >= 15 is 0 Å². The molecule has 0 fully saturated rings. The van der Waals surface area contributed by atoms with Crippen LogP contribution in [0.15, 0.2) is 139 Å². The van der Waals surface area contributed by atoms with Crippen molar-refractivity contribution in [1.29, 1.82) is 0 Å². The molecule has 0 radical (unpaired) electrons. The molecule has 5 aromatic carbocycles. The highest BCUT2D eigenvalue weighted by molar-refractivity contribution is 7.26. The Balaban J connectivity index is 1.16. The third-order valence-corrected chi connectivity index (χ3v) is 15.6. The first-order valence-electron chi connectivity index (χ1n) is 21.1. The minimum Gasteiger partial charge on any atom is -0.311 e.